The first-order chi connectivity index (χ1) is 12.6. The number of benzene rings is 2. The molecule has 0 atom stereocenters. The molecule has 2 aromatic carbocycles. The minimum atomic E-state index is -0.549. The van der Waals surface area contributed by atoms with Gasteiger partial charge in [-0.2, -0.15) is 0 Å². The highest BCUT2D eigenvalue weighted by molar-refractivity contribution is 9.10. The second-order valence-corrected chi connectivity index (χ2v) is 6.18. The van der Waals surface area contributed by atoms with Crippen molar-refractivity contribution in [3.05, 3.63) is 57.7 Å². The van der Waals surface area contributed by atoms with Crippen LogP contribution in [-0.2, 0) is 9.53 Å². The molecule has 134 valence electrons. The molecule has 0 saturated carbocycles. The van der Waals surface area contributed by atoms with Crippen LogP contribution in [0.1, 0.15) is 11.1 Å². The number of cyclic esters (lactones) is 1. The van der Waals surface area contributed by atoms with Crippen molar-refractivity contribution in [2.24, 2.45) is 4.99 Å². The standard InChI is InChI=1S/C19H16BrNO5/c1-23-15-8-7-12(20)10-13(15)18-21-14(19(22)26-18)9-11-5-4-6-16(24-2)17(11)25-3/h4-10H,1-3H3/b14-9+. The van der Waals surface area contributed by atoms with Crippen LogP contribution in [0.3, 0.4) is 0 Å². The molecule has 0 unspecified atom stereocenters. The molecule has 0 saturated heterocycles. The summed E-state index contributed by atoms with van der Waals surface area (Å²) < 4.78 is 22.1. The third-order valence-electron chi connectivity index (χ3n) is 3.74. The lowest BCUT2D eigenvalue weighted by Gasteiger charge is -2.09. The van der Waals surface area contributed by atoms with Crippen LogP contribution in [0, 0.1) is 0 Å². The third-order valence-corrected chi connectivity index (χ3v) is 4.23. The van der Waals surface area contributed by atoms with Gasteiger partial charge in [-0.15, -0.1) is 0 Å². The number of rotatable bonds is 5. The summed E-state index contributed by atoms with van der Waals surface area (Å²) in [5, 5.41) is 0. The molecule has 0 amide bonds. The molecular weight excluding hydrogens is 402 g/mol. The van der Waals surface area contributed by atoms with Gasteiger partial charge in [0.1, 0.15) is 5.75 Å². The van der Waals surface area contributed by atoms with Gasteiger partial charge in [-0.1, -0.05) is 28.1 Å². The summed E-state index contributed by atoms with van der Waals surface area (Å²) in [7, 11) is 4.63. The van der Waals surface area contributed by atoms with Crippen LogP contribution in [0.15, 0.2) is 51.6 Å². The number of para-hydroxylation sites is 1. The van der Waals surface area contributed by atoms with Crippen molar-refractivity contribution in [3.63, 3.8) is 0 Å². The second kappa shape index (κ2) is 7.61. The minimum Gasteiger partial charge on any atom is -0.496 e. The van der Waals surface area contributed by atoms with Crippen LogP contribution >= 0.6 is 15.9 Å². The monoisotopic (exact) mass is 417 g/mol. The number of esters is 1. The molecule has 0 N–H and O–H groups in total. The Hall–Kier alpha value is -2.80. The van der Waals surface area contributed by atoms with Gasteiger partial charge in [0.2, 0.25) is 5.90 Å². The molecule has 2 aromatic rings. The van der Waals surface area contributed by atoms with Gasteiger partial charge in [0.05, 0.1) is 26.9 Å². The highest BCUT2D eigenvalue weighted by Crippen LogP contribution is 2.33. The number of hydrogen-bond acceptors (Lipinski definition) is 6. The lowest BCUT2D eigenvalue weighted by atomic mass is 10.1. The number of methoxy groups -OCH3 is 3. The van der Waals surface area contributed by atoms with Crippen molar-refractivity contribution in [2.75, 3.05) is 21.3 Å². The number of nitrogens with zero attached hydrogens (tertiary/aromatic N) is 1. The first kappa shape index (κ1) is 18.0. The van der Waals surface area contributed by atoms with Crippen LogP contribution in [0.5, 0.6) is 17.2 Å². The zero-order valence-corrected chi connectivity index (χ0v) is 16.0. The van der Waals surface area contributed by atoms with E-state index in [0.29, 0.717) is 28.4 Å². The predicted octanol–water partition coefficient (Wildman–Crippen LogP) is 3.82. The van der Waals surface area contributed by atoms with E-state index in [-0.39, 0.29) is 11.6 Å². The van der Waals surface area contributed by atoms with Crippen molar-refractivity contribution in [1.82, 2.24) is 0 Å². The molecule has 0 spiro atoms. The topological polar surface area (TPSA) is 66.3 Å². The third kappa shape index (κ3) is 3.43. The average Bonchev–Trinajstić information content (AvgIpc) is 3.01. The molecule has 0 fully saturated rings. The van der Waals surface area contributed by atoms with Gasteiger partial charge >= 0.3 is 5.97 Å². The molecule has 0 radical (unpaired) electrons. The Morgan fingerprint density at radius 2 is 1.81 bits per heavy atom. The summed E-state index contributed by atoms with van der Waals surface area (Å²) >= 11 is 3.40. The highest BCUT2D eigenvalue weighted by atomic mass is 79.9. The van der Waals surface area contributed by atoms with E-state index in [0.717, 1.165) is 4.47 Å². The smallest absolute Gasteiger partial charge is 0.363 e. The summed E-state index contributed by atoms with van der Waals surface area (Å²) in [6.45, 7) is 0. The fourth-order valence-corrected chi connectivity index (χ4v) is 2.91. The molecule has 7 heteroatoms. The fraction of sp³-hybridized carbons (Fsp3) is 0.158. The normalized spacial score (nSPS) is 14.8. The molecule has 0 aliphatic carbocycles. The largest absolute Gasteiger partial charge is 0.496 e. The molecule has 6 nitrogen and oxygen atoms in total. The molecule has 1 heterocycles. The number of carbonyl (C=O) groups is 1. The fourth-order valence-electron chi connectivity index (χ4n) is 2.54. The van der Waals surface area contributed by atoms with Gasteiger partial charge in [0.15, 0.2) is 17.2 Å². The molecule has 0 bridgehead atoms. The molecule has 1 aliphatic rings. The van der Waals surface area contributed by atoms with Crippen molar-refractivity contribution in [1.29, 1.82) is 0 Å². The number of aliphatic imine (C=N–C) groups is 1. The van der Waals surface area contributed by atoms with E-state index in [1.807, 2.05) is 6.07 Å². The van der Waals surface area contributed by atoms with E-state index in [4.69, 9.17) is 18.9 Å². The Balaban J connectivity index is 2.04. The van der Waals surface area contributed by atoms with Crippen molar-refractivity contribution in [3.8, 4) is 17.2 Å². The zero-order chi connectivity index (χ0) is 18.7. The van der Waals surface area contributed by atoms with Gasteiger partial charge in [0.25, 0.3) is 0 Å². The van der Waals surface area contributed by atoms with Crippen LogP contribution in [0.25, 0.3) is 6.08 Å². The molecule has 0 aromatic heterocycles. The van der Waals surface area contributed by atoms with Crippen LogP contribution in [0.2, 0.25) is 0 Å². The lowest BCUT2D eigenvalue weighted by molar-refractivity contribution is -0.129. The van der Waals surface area contributed by atoms with E-state index in [1.165, 1.54) is 7.11 Å². The minimum absolute atomic E-state index is 0.161. The van der Waals surface area contributed by atoms with E-state index in [1.54, 1.807) is 50.6 Å². The predicted molar refractivity (Wildman–Crippen MR) is 101 cm³/mol. The van der Waals surface area contributed by atoms with Crippen LogP contribution in [0.4, 0.5) is 0 Å². The Morgan fingerprint density at radius 3 is 2.50 bits per heavy atom. The first-order valence-electron chi connectivity index (χ1n) is 7.65. The molecule has 1 aliphatic heterocycles. The van der Waals surface area contributed by atoms with Gasteiger partial charge < -0.3 is 18.9 Å². The average molecular weight is 418 g/mol. The number of halogens is 1. The molecular formula is C19H16BrNO5. The SMILES string of the molecule is COc1ccc(Br)cc1C1=N/C(=C/c2cccc(OC)c2OC)C(=O)O1. The Labute approximate surface area is 159 Å². The Kier molecular flexibility index (Phi) is 5.27. The summed E-state index contributed by atoms with van der Waals surface area (Å²) in [6.07, 6.45) is 1.60. The maximum atomic E-state index is 12.3. The van der Waals surface area contributed by atoms with Crippen molar-refractivity contribution >= 4 is 33.9 Å². The lowest BCUT2D eigenvalue weighted by Crippen LogP contribution is -2.07. The molecule has 3 rings (SSSR count). The van der Waals surface area contributed by atoms with Gasteiger partial charge in [-0.05, 0) is 30.3 Å². The zero-order valence-electron chi connectivity index (χ0n) is 14.4. The molecule has 26 heavy (non-hydrogen) atoms. The summed E-state index contributed by atoms with van der Waals surface area (Å²) in [6, 6.07) is 10.7. The second-order valence-electron chi connectivity index (χ2n) is 5.26. The van der Waals surface area contributed by atoms with E-state index >= 15 is 0 Å². The summed E-state index contributed by atoms with van der Waals surface area (Å²) in [4.78, 5) is 16.6. The number of carbonyl (C=O) groups excluding carboxylic acids is 1. The highest BCUT2D eigenvalue weighted by Gasteiger charge is 2.27. The summed E-state index contributed by atoms with van der Waals surface area (Å²) in [5.74, 6) is 1.26. The Morgan fingerprint density at radius 1 is 1.04 bits per heavy atom. The van der Waals surface area contributed by atoms with Crippen molar-refractivity contribution in [2.45, 2.75) is 0 Å². The van der Waals surface area contributed by atoms with Gasteiger partial charge in [-0.3, -0.25) is 0 Å². The number of hydrogen-bond donors (Lipinski definition) is 0. The quantitative estimate of drug-likeness (QED) is 0.546. The van der Waals surface area contributed by atoms with E-state index in [9.17, 15) is 4.79 Å². The van der Waals surface area contributed by atoms with Crippen LogP contribution < -0.4 is 14.2 Å². The van der Waals surface area contributed by atoms with E-state index in [2.05, 4.69) is 20.9 Å². The Bertz CT molecular complexity index is 920. The maximum Gasteiger partial charge on any atom is 0.363 e. The van der Waals surface area contributed by atoms with Gasteiger partial charge in [0, 0.05) is 10.0 Å². The summed E-state index contributed by atoms with van der Waals surface area (Å²) in [5.41, 5.74) is 1.40. The first-order valence-corrected chi connectivity index (χ1v) is 8.44. The van der Waals surface area contributed by atoms with Crippen LogP contribution in [-0.4, -0.2) is 33.2 Å². The van der Waals surface area contributed by atoms with E-state index < -0.39 is 5.97 Å². The van der Waals surface area contributed by atoms with Gasteiger partial charge in [-0.25, -0.2) is 9.79 Å². The van der Waals surface area contributed by atoms with Crippen molar-refractivity contribution < 1.29 is 23.7 Å². The number of ether oxygens (including phenoxy) is 4. The maximum absolute atomic E-state index is 12.3.